The van der Waals surface area contributed by atoms with E-state index in [9.17, 15) is 9.59 Å². The zero-order chi connectivity index (χ0) is 21.4. The molecule has 1 aliphatic rings. The molecule has 3 aromatic rings. The fourth-order valence-corrected chi connectivity index (χ4v) is 5.21. The van der Waals surface area contributed by atoms with Crippen LogP contribution in [0.2, 0.25) is 10.0 Å². The lowest BCUT2D eigenvalue weighted by molar-refractivity contribution is 0.0601. The number of anilines is 1. The van der Waals surface area contributed by atoms with Gasteiger partial charge < -0.3 is 14.5 Å². The van der Waals surface area contributed by atoms with Crippen molar-refractivity contribution in [1.29, 1.82) is 0 Å². The number of halogens is 2. The summed E-state index contributed by atoms with van der Waals surface area (Å²) < 4.78 is 10.8. The number of fused-ring (bicyclic) bond motifs is 1. The molecule has 0 aliphatic heterocycles. The number of thiophene rings is 1. The SMILES string of the molecule is COC(=O)c1c(NC(=O)c2cc(-c3ccc(Cl)c(Cl)c3)oc2C)sc2c1CCCC2. The normalized spacial score (nSPS) is 13.1. The smallest absolute Gasteiger partial charge is 0.341 e. The van der Waals surface area contributed by atoms with Gasteiger partial charge in [0, 0.05) is 10.4 Å². The largest absolute Gasteiger partial charge is 0.465 e. The molecule has 4 rings (SSSR count). The second kappa shape index (κ2) is 8.46. The summed E-state index contributed by atoms with van der Waals surface area (Å²) in [7, 11) is 1.35. The van der Waals surface area contributed by atoms with Crippen LogP contribution in [-0.2, 0) is 17.6 Å². The van der Waals surface area contributed by atoms with Crippen LogP contribution in [0.15, 0.2) is 28.7 Å². The summed E-state index contributed by atoms with van der Waals surface area (Å²) in [6.07, 6.45) is 3.83. The Labute approximate surface area is 187 Å². The second-order valence-electron chi connectivity index (χ2n) is 7.07. The van der Waals surface area contributed by atoms with Crippen LogP contribution in [0.1, 0.15) is 49.8 Å². The molecule has 0 saturated carbocycles. The van der Waals surface area contributed by atoms with E-state index in [-0.39, 0.29) is 5.91 Å². The molecule has 0 spiro atoms. The summed E-state index contributed by atoms with van der Waals surface area (Å²) >= 11 is 13.5. The molecule has 156 valence electrons. The molecular formula is C22H19Cl2NO4S. The van der Waals surface area contributed by atoms with Crippen LogP contribution < -0.4 is 5.32 Å². The average molecular weight is 464 g/mol. The van der Waals surface area contributed by atoms with Crippen molar-refractivity contribution < 1.29 is 18.7 Å². The van der Waals surface area contributed by atoms with E-state index in [1.807, 2.05) is 0 Å². The Morgan fingerprint density at radius 2 is 1.90 bits per heavy atom. The van der Waals surface area contributed by atoms with Gasteiger partial charge in [0.25, 0.3) is 5.91 Å². The third-order valence-electron chi connectivity index (χ3n) is 5.15. The fraction of sp³-hybridized carbons (Fsp3) is 0.273. The van der Waals surface area contributed by atoms with Crippen LogP contribution in [-0.4, -0.2) is 19.0 Å². The van der Waals surface area contributed by atoms with E-state index in [0.717, 1.165) is 36.1 Å². The molecule has 1 N–H and O–H groups in total. The van der Waals surface area contributed by atoms with Gasteiger partial charge in [0.1, 0.15) is 16.5 Å². The minimum absolute atomic E-state index is 0.341. The first-order valence-electron chi connectivity index (χ1n) is 9.49. The van der Waals surface area contributed by atoms with Crippen molar-refractivity contribution in [2.24, 2.45) is 0 Å². The number of amides is 1. The minimum Gasteiger partial charge on any atom is -0.465 e. The highest BCUT2D eigenvalue weighted by molar-refractivity contribution is 7.17. The highest BCUT2D eigenvalue weighted by Gasteiger charge is 2.28. The fourth-order valence-electron chi connectivity index (χ4n) is 3.64. The Morgan fingerprint density at radius 3 is 2.63 bits per heavy atom. The zero-order valence-electron chi connectivity index (χ0n) is 16.4. The highest BCUT2D eigenvalue weighted by Crippen LogP contribution is 2.39. The standard InChI is InChI=1S/C22H19Cl2NO4S/c1-11-14(10-17(29-11)12-7-8-15(23)16(24)9-12)20(26)25-21-19(22(27)28-2)13-5-3-4-6-18(13)30-21/h7-10H,3-6H2,1-2H3,(H,25,26). The molecule has 0 radical (unpaired) electrons. The van der Waals surface area contributed by atoms with Gasteiger partial charge in [-0.25, -0.2) is 4.79 Å². The van der Waals surface area contributed by atoms with Crippen molar-refractivity contribution >= 4 is 51.4 Å². The molecule has 0 bridgehead atoms. The second-order valence-corrected chi connectivity index (χ2v) is 8.99. The van der Waals surface area contributed by atoms with Crippen LogP contribution >= 0.6 is 34.5 Å². The Kier molecular flexibility index (Phi) is 5.91. The van der Waals surface area contributed by atoms with Crippen molar-refractivity contribution in [3.05, 3.63) is 61.6 Å². The predicted molar refractivity (Wildman–Crippen MR) is 119 cm³/mol. The van der Waals surface area contributed by atoms with E-state index in [1.54, 1.807) is 31.2 Å². The van der Waals surface area contributed by atoms with Gasteiger partial charge in [-0.2, -0.15) is 0 Å². The summed E-state index contributed by atoms with van der Waals surface area (Å²) in [5.74, 6) is 0.209. The van der Waals surface area contributed by atoms with E-state index in [4.69, 9.17) is 32.4 Å². The van der Waals surface area contributed by atoms with Gasteiger partial charge in [0.2, 0.25) is 0 Å². The van der Waals surface area contributed by atoms with Crippen LogP contribution in [0.5, 0.6) is 0 Å². The highest BCUT2D eigenvalue weighted by atomic mass is 35.5. The first kappa shape index (κ1) is 21.0. The molecule has 1 aromatic carbocycles. The summed E-state index contributed by atoms with van der Waals surface area (Å²) in [5, 5.41) is 4.27. The summed E-state index contributed by atoms with van der Waals surface area (Å²) in [6, 6.07) is 6.80. The molecule has 8 heteroatoms. The number of aryl methyl sites for hydroxylation is 2. The van der Waals surface area contributed by atoms with Crippen molar-refractivity contribution in [2.75, 3.05) is 12.4 Å². The van der Waals surface area contributed by atoms with E-state index in [0.29, 0.717) is 43.3 Å². The molecule has 0 unspecified atom stereocenters. The Bertz CT molecular complexity index is 1150. The third kappa shape index (κ3) is 3.87. The van der Waals surface area contributed by atoms with Gasteiger partial charge in [0.15, 0.2) is 0 Å². The first-order chi connectivity index (χ1) is 14.4. The minimum atomic E-state index is -0.426. The summed E-state index contributed by atoms with van der Waals surface area (Å²) in [5.41, 5.74) is 2.57. The molecule has 2 aromatic heterocycles. The zero-order valence-corrected chi connectivity index (χ0v) is 18.8. The lowest BCUT2D eigenvalue weighted by atomic mass is 9.95. The molecular weight excluding hydrogens is 445 g/mol. The van der Waals surface area contributed by atoms with Gasteiger partial charge >= 0.3 is 5.97 Å². The number of benzene rings is 1. The number of ether oxygens (including phenoxy) is 1. The number of carbonyl (C=O) groups excluding carboxylic acids is 2. The number of methoxy groups -OCH3 is 1. The first-order valence-corrected chi connectivity index (χ1v) is 11.1. The van der Waals surface area contributed by atoms with Gasteiger partial charge in [-0.3, -0.25) is 4.79 Å². The Hall–Kier alpha value is -2.28. The van der Waals surface area contributed by atoms with E-state index in [1.165, 1.54) is 18.4 Å². The van der Waals surface area contributed by atoms with Gasteiger partial charge in [0.05, 0.1) is 28.3 Å². The van der Waals surface area contributed by atoms with Crippen LogP contribution in [0, 0.1) is 6.92 Å². The Morgan fingerprint density at radius 1 is 1.13 bits per heavy atom. The van der Waals surface area contributed by atoms with E-state index < -0.39 is 5.97 Å². The maximum atomic E-state index is 13.0. The average Bonchev–Trinajstić information content (AvgIpc) is 3.29. The maximum absolute atomic E-state index is 13.0. The molecule has 1 aliphatic carbocycles. The number of nitrogens with one attached hydrogen (secondary N) is 1. The van der Waals surface area contributed by atoms with Gasteiger partial charge in [-0.15, -0.1) is 11.3 Å². The van der Waals surface area contributed by atoms with Crippen molar-refractivity contribution in [3.8, 4) is 11.3 Å². The number of hydrogen-bond donors (Lipinski definition) is 1. The molecule has 30 heavy (non-hydrogen) atoms. The summed E-state index contributed by atoms with van der Waals surface area (Å²) in [4.78, 5) is 26.5. The van der Waals surface area contributed by atoms with Crippen molar-refractivity contribution in [1.82, 2.24) is 0 Å². The summed E-state index contributed by atoms with van der Waals surface area (Å²) in [6.45, 7) is 1.72. The molecule has 2 heterocycles. The molecule has 0 fully saturated rings. The van der Waals surface area contributed by atoms with Crippen LogP contribution in [0.4, 0.5) is 5.00 Å². The quantitative estimate of drug-likeness (QED) is 0.445. The molecule has 0 saturated heterocycles. The Balaban J connectivity index is 1.65. The number of furan rings is 1. The number of carbonyl (C=O) groups is 2. The van der Waals surface area contributed by atoms with Crippen molar-refractivity contribution in [3.63, 3.8) is 0 Å². The molecule has 5 nitrogen and oxygen atoms in total. The van der Waals surface area contributed by atoms with Gasteiger partial charge in [-0.05, 0) is 62.4 Å². The predicted octanol–water partition coefficient (Wildman–Crippen LogP) is 6.54. The van der Waals surface area contributed by atoms with Crippen LogP contribution in [0.25, 0.3) is 11.3 Å². The number of rotatable bonds is 4. The van der Waals surface area contributed by atoms with Gasteiger partial charge in [-0.1, -0.05) is 23.2 Å². The number of hydrogen-bond acceptors (Lipinski definition) is 5. The molecule has 1 amide bonds. The topological polar surface area (TPSA) is 68.5 Å². The number of esters is 1. The lowest BCUT2D eigenvalue weighted by Gasteiger charge is -2.11. The maximum Gasteiger partial charge on any atom is 0.341 e. The lowest BCUT2D eigenvalue weighted by Crippen LogP contribution is -2.15. The van der Waals surface area contributed by atoms with Crippen molar-refractivity contribution in [2.45, 2.75) is 32.6 Å². The third-order valence-corrected chi connectivity index (χ3v) is 7.10. The van der Waals surface area contributed by atoms with E-state index >= 15 is 0 Å². The molecule has 0 atom stereocenters. The monoisotopic (exact) mass is 463 g/mol. The van der Waals surface area contributed by atoms with E-state index in [2.05, 4.69) is 5.32 Å². The van der Waals surface area contributed by atoms with Crippen LogP contribution in [0.3, 0.4) is 0 Å².